The summed E-state index contributed by atoms with van der Waals surface area (Å²) in [7, 11) is 0. The van der Waals surface area contributed by atoms with E-state index in [-0.39, 0.29) is 16.9 Å². The van der Waals surface area contributed by atoms with Gasteiger partial charge in [-0.1, -0.05) is 25.2 Å². The van der Waals surface area contributed by atoms with Gasteiger partial charge in [0.05, 0.1) is 15.5 Å². The molecule has 7 nitrogen and oxygen atoms in total. The van der Waals surface area contributed by atoms with Crippen molar-refractivity contribution in [1.82, 2.24) is 14.6 Å². The first-order valence-corrected chi connectivity index (χ1v) is 8.32. The molecule has 0 saturated carbocycles. The average Bonchev–Trinajstić information content (AvgIpc) is 3.05. The highest BCUT2D eigenvalue weighted by Gasteiger charge is 2.35. The maximum atomic E-state index is 12.3. The number of rotatable bonds is 2. The lowest BCUT2D eigenvalue weighted by molar-refractivity contribution is -0.384. The van der Waals surface area contributed by atoms with Crippen LogP contribution in [0.5, 0.6) is 0 Å². The molecule has 2 heterocycles. The van der Waals surface area contributed by atoms with Crippen LogP contribution in [0.15, 0.2) is 24.3 Å². The van der Waals surface area contributed by atoms with Gasteiger partial charge in [0.25, 0.3) is 5.69 Å². The van der Waals surface area contributed by atoms with Crippen molar-refractivity contribution in [3.8, 4) is 11.4 Å². The van der Waals surface area contributed by atoms with Gasteiger partial charge in [-0.2, -0.15) is 4.98 Å². The molecule has 2 aromatic heterocycles. The van der Waals surface area contributed by atoms with Crippen LogP contribution < -0.4 is 0 Å². The van der Waals surface area contributed by atoms with E-state index in [0.717, 1.165) is 17.0 Å². The summed E-state index contributed by atoms with van der Waals surface area (Å²) < 4.78 is 1.75. The lowest BCUT2D eigenvalue weighted by Gasteiger charge is -2.27. The molecule has 3 aromatic rings. The molecular weight excluding hydrogens is 328 g/mol. The number of non-ortho nitro benzene ring substituents is 1. The van der Waals surface area contributed by atoms with Crippen molar-refractivity contribution < 1.29 is 9.72 Å². The molecule has 1 aliphatic rings. The van der Waals surface area contributed by atoms with Crippen LogP contribution in [0.2, 0.25) is 0 Å². The Morgan fingerprint density at radius 3 is 2.62 bits per heavy atom. The number of aromatic nitrogens is 3. The summed E-state index contributed by atoms with van der Waals surface area (Å²) >= 11 is 1.36. The number of thiazole rings is 1. The molecule has 0 amide bonds. The Labute approximate surface area is 141 Å². The molecule has 8 heteroatoms. The van der Waals surface area contributed by atoms with E-state index in [2.05, 4.69) is 23.9 Å². The molecule has 24 heavy (non-hydrogen) atoms. The molecule has 122 valence electrons. The van der Waals surface area contributed by atoms with Crippen LogP contribution in [0.4, 0.5) is 5.69 Å². The van der Waals surface area contributed by atoms with E-state index in [9.17, 15) is 14.9 Å². The second-order valence-electron chi connectivity index (χ2n) is 6.75. The Morgan fingerprint density at radius 2 is 1.96 bits per heavy atom. The van der Waals surface area contributed by atoms with Gasteiger partial charge >= 0.3 is 0 Å². The number of nitrogens with zero attached hydrogens (tertiary/aromatic N) is 4. The Kier molecular flexibility index (Phi) is 3.08. The van der Waals surface area contributed by atoms with E-state index >= 15 is 0 Å². The largest absolute Gasteiger partial charge is 0.293 e. The SMILES string of the molecule is CC1(C)CC(=O)c2sc3nc(-c4ccc([N+](=O)[O-])cc4)nn3c2C1. The minimum Gasteiger partial charge on any atom is -0.293 e. The zero-order chi connectivity index (χ0) is 17.1. The van der Waals surface area contributed by atoms with E-state index in [4.69, 9.17) is 0 Å². The van der Waals surface area contributed by atoms with Gasteiger partial charge in [0, 0.05) is 24.1 Å². The first-order chi connectivity index (χ1) is 11.3. The van der Waals surface area contributed by atoms with E-state index < -0.39 is 4.92 Å². The fourth-order valence-corrected chi connectivity index (χ4v) is 4.06. The fourth-order valence-electron chi connectivity index (χ4n) is 3.04. The fraction of sp³-hybridized carbons (Fsp3) is 0.312. The maximum absolute atomic E-state index is 12.3. The zero-order valence-electron chi connectivity index (χ0n) is 13.1. The molecule has 0 saturated heterocycles. The van der Waals surface area contributed by atoms with Gasteiger partial charge in [0.1, 0.15) is 0 Å². The van der Waals surface area contributed by atoms with Gasteiger partial charge in [-0.15, -0.1) is 5.10 Å². The van der Waals surface area contributed by atoms with Crippen LogP contribution in [0.25, 0.3) is 16.3 Å². The van der Waals surface area contributed by atoms with Crippen LogP contribution >= 0.6 is 11.3 Å². The van der Waals surface area contributed by atoms with Crippen LogP contribution in [0.3, 0.4) is 0 Å². The van der Waals surface area contributed by atoms with E-state index in [1.165, 1.54) is 23.5 Å². The van der Waals surface area contributed by atoms with Crippen LogP contribution in [-0.2, 0) is 6.42 Å². The third kappa shape index (κ3) is 2.30. The molecule has 0 atom stereocenters. The normalized spacial score (nSPS) is 16.3. The van der Waals surface area contributed by atoms with E-state index in [0.29, 0.717) is 22.8 Å². The zero-order valence-corrected chi connectivity index (χ0v) is 14.0. The van der Waals surface area contributed by atoms with Gasteiger partial charge in [-0.25, -0.2) is 4.52 Å². The van der Waals surface area contributed by atoms with Crippen molar-refractivity contribution in [2.24, 2.45) is 5.41 Å². The number of Topliss-reactive ketones (excluding diaryl/α,β-unsaturated/α-hetero) is 1. The Morgan fingerprint density at radius 1 is 1.25 bits per heavy atom. The second-order valence-corrected chi connectivity index (χ2v) is 7.73. The molecule has 0 spiro atoms. The average molecular weight is 342 g/mol. The topological polar surface area (TPSA) is 90.4 Å². The number of carbonyl (C=O) groups is 1. The number of hydrogen-bond acceptors (Lipinski definition) is 6. The first-order valence-electron chi connectivity index (χ1n) is 7.50. The molecule has 1 aliphatic carbocycles. The van der Waals surface area contributed by atoms with Crippen molar-refractivity contribution in [3.05, 3.63) is 45.0 Å². The van der Waals surface area contributed by atoms with Crippen molar-refractivity contribution in [2.75, 3.05) is 0 Å². The maximum Gasteiger partial charge on any atom is 0.269 e. The molecule has 1 aromatic carbocycles. The number of ketones is 1. The third-order valence-corrected chi connectivity index (χ3v) is 5.28. The number of hydrogen-bond donors (Lipinski definition) is 0. The number of fused-ring (bicyclic) bond motifs is 3. The number of nitro groups is 1. The lowest BCUT2D eigenvalue weighted by atomic mass is 9.78. The lowest BCUT2D eigenvalue weighted by Crippen LogP contribution is -2.27. The Bertz CT molecular complexity index is 985. The summed E-state index contributed by atoms with van der Waals surface area (Å²) in [6, 6.07) is 6.15. The number of carbonyl (C=O) groups excluding carboxylic acids is 1. The predicted molar refractivity (Wildman–Crippen MR) is 89.4 cm³/mol. The molecule has 0 fully saturated rings. The number of nitro benzene ring substituents is 1. The Hall–Kier alpha value is -2.61. The molecule has 0 N–H and O–H groups in total. The van der Waals surface area contributed by atoms with E-state index in [1.807, 2.05) is 0 Å². The minimum absolute atomic E-state index is 0.0319. The Balaban J connectivity index is 1.79. The summed E-state index contributed by atoms with van der Waals surface area (Å²) in [5.41, 5.74) is 1.57. The van der Waals surface area contributed by atoms with Crippen molar-refractivity contribution in [3.63, 3.8) is 0 Å². The highest BCUT2D eigenvalue weighted by molar-refractivity contribution is 7.19. The summed E-state index contributed by atoms with van der Waals surface area (Å²) in [5.74, 6) is 0.658. The molecule has 0 unspecified atom stereocenters. The summed E-state index contributed by atoms with van der Waals surface area (Å²) in [6.07, 6.45) is 1.32. The van der Waals surface area contributed by atoms with Crippen LogP contribution in [-0.4, -0.2) is 25.3 Å². The van der Waals surface area contributed by atoms with Crippen LogP contribution in [0.1, 0.15) is 35.6 Å². The molecule has 0 radical (unpaired) electrons. The third-order valence-electron chi connectivity index (χ3n) is 4.16. The standard InChI is InChI=1S/C16H14N4O3S/c1-16(2)7-11-13(12(21)8-16)24-15-17-14(18-19(11)15)9-3-5-10(6-4-9)20(22)23/h3-6H,7-8H2,1-2H3. The minimum atomic E-state index is -0.437. The number of benzene rings is 1. The molecule has 0 aliphatic heterocycles. The van der Waals surface area contributed by atoms with Gasteiger partial charge in [-0.3, -0.25) is 14.9 Å². The molecule has 4 rings (SSSR count). The highest BCUT2D eigenvalue weighted by atomic mass is 32.1. The highest BCUT2D eigenvalue weighted by Crippen LogP contribution is 2.38. The van der Waals surface area contributed by atoms with Gasteiger partial charge in [0.2, 0.25) is 4.96 Å². The second kappa shape index (κ2) is 4.94. The van der Waals surface area contributed by atoms with Crippen molar-refractivity contribution >= 4 is 27.8 Å². The quantitative estimate of drug-likeness (QED) is 0.525. The van der Waals surface area contributed by atoms with Gasteiger partial charge < -0.3 is 0 Å². The monoisotopic (exact) mass is 342 g/mol. The van der Waals surface area contributed by atoms with Gasteiger partial charge in [-0.05, 0) is 24.0 Å². The molecule has 0 bridgehead atoms. The first kappa shape index (κ1) is 14.9. The summed E-state index contributed by atoms with van der Waals surface area (Å²) in [5, 5.41) is 15.3. The predicted octanol–water partition coefficient (Wildman–Crippen LogP) is 3.52. The van der Waals surface area contributed by atoms with Crippen molar-refractivity contribution in [2.45, 2.75) is 26.7 Å². The van der Waals surface area contributed by atoms with Gasteiger partial charge in [0.15, 0.2) is 11.6 Å². The summed E-state index contributed by atoms with van der Waals surface area (Å²) in [6.45, 7) is 4.15. The van der Waals surface area contributed by atoms with Crippen molar-refractivity contribution in [1.29, 1.82) is 0 Å². The van der Waals surface area contributed by atoms with Crippen LogP contribution in [0, 0.1) is 15.5 Å². The molecular formula is C16H14N4O3S. The smallest absolute Gasteiger partial charge is 0.269 e. The van der Waals surface area contributed by atoms with E-state index in [1.54, 1.807) is 16.6 Å². The summed E-state index contributed by atoms with van der Waals surface area (Å²) in [4.78, 5) is 28.5.